The summed E-state index contributed by atoms with van der Waals surface area (Å²) in [6, 6.07) is 0. The third-order valence-corrected chi connectivity index (χ3v) is 3.49. The molecular weight excluding hydrogens is 246 g/mol. The minimum absolute atomic E-state index is 0.239. The van der Waals surface area contributed by atoms with Gasteiger partial charge in [-0.05, 0) is 19.8 Å². The van der Waals surface area contributed by atoms with Gasteiger partial charge in [-0.2, -0.15) is 5.10 Å². The number of nitrogens with one attached hydrogen (secondary N) is 1. The van der Waals surface area contributed by atoms with Crippen LogP contribution in [0.5, 0.6) is 0 Å². The second-order valence-corrected chi connectivity index (χ2v) is 4.94. The zero-order chi connectivity index (χ0) is 13.8. The average Bonchev–Trinajstić information content (AvgIpc) is 2.93. The van der Waals surface area contributed by atoms with E-state index in [4.69, 9.17) is 9.84 Å². The van der Waals surface area contributed by atoms with Crippen molar-refractivity contribution in [1.82, 2.24) is 9.78 Å². The first-order chi connectivity index (χ1) is 9.09. The number of carbonyl (C=O) groups is 1. The van der Waals surface area contributed by atoms with Crippen LogP contribution in [0, 0.1) is 6.92 Å². The van der Waals surface area contributed by atoms with Crippen LogP contribution in [-0.2, 0) is 11.8 Å². The molecule has 0 aromatic carbocycles. The number of hydrogen-bond acceptors (Lipinski definition) is 4. The van der Waals surface area contributed by atoms with Crippen molar-refractivity contribution in [2.75, 3.05) is 18.5 Å². The molecule has 0 bridgehead atoms. The maximum atomic E-state index is 11.2. The van der Waals surface area contributed by atoms with Gasteiger partial charge in [0, 0.05) is 13.6 Å². The zero-order valence-electron chi connectivity index (χ0n) is 11.5. The summed E-state index contributed by atoms with van der Waals surface area (Å²) in [6.45, 7) is 2.88. The minimum Gasteiger partial charge on any atom is -0.477 e. The Balaban J connectivity index is 1.86. The quantitative estimate of drug-likeness (QED) is 0.769. The van der Waals surface area contributed by atoms with Crippen LogP contribution >= 0.6 is 0 Å². The van der Waals surface area contributed by atoms with Gasteiger partial charge in [0.15, 0.2) is 0 Å². The van der Waals surface area contributed by atoms with Crippen molar-refractivity contribution in [2.24, 2.45) is 7.05 Å². The first kappa shape index (κ1) is 13.9. The van der Waals surface area contributed by atoms with Crippen LogP contribution in [0.1, 0.15) is 41.7 Å². The first-order valence-electron chi connectivity index (χ1n) is 6.72. The van der Waals surface area contributed by atoms with Crippen molar-refractivity contribution in [2.45, 2.75) is 38.7 Å². The van der Waals surface area contributed by atoms with E-state index < -0.39 is 5.97 Å². The van der Waals surface area contributed by atoms with Crippen LogP contribution in [-0.4, -0.2) is 40.1 Å². The second kappa shape index (κ2) is 6.06. The Labute approximate surface area is 112 Å². The molecule has 106 valence electrons. The van der Waals surface area contributed by atoms with Gasteiger partial charge in [-0.15, -0.1) is 0 Å². The fourth-order valence-electron chi connectivity index (χ4n) is 2.57. The van der Waals surface area contributed by atoms with Crippen molar-refractivity contribution < 1.29 is 14.6 Å². The molecule has 0 saturated heterocycles. The molecular formula is C13H21N3O3. The number of hydrogen-bond donors (Lipinski definition) is 2. The molecule has 1 fully saturated rings. The van der Waals surface area contributed by atoms with Crippen LogP contribution in [0.4, 0.5) is 5.82 Å². The first-order valence-corrected chi connectivity index (χ1v) is 6.72. The van der Waals surface area contributed by atoms with E-state index in [0.29, 0.717) is 30.8 Å². The summed E-state index contributed by atoms with van der Waals surface area (Å²) in [5.41, 5.74) is 0.762. The molecule has 0 spiro atoms. The number of anilines is 1. The maximum absolute atomic E-state index is 11.2. The van der Waals surface area contributed by atoms with Crippen LogP contribution in [0.25, 0.3) is 0 Å². The summed E-state index contributed by atoms with van der Waals surface area (Å²) in [6.07, 6.45) is 5.18. The van der Waals surface area contributed by atoms with Crippen molar-refractivity contribution in [3.63, 3.8) is 0 Å². The van der Waals surface area contributed by atoms with E-state index in [9.17, 15) is 4.79 Å². The molecule has 0 amide bonds. The van der Waals surface area contributed by atoms with Crippen LogP contribution < -0.4 is 5.32 Å². The summed E-state index contributed by atoms with van der Waals surface area (Å²) >= 11 is 0. The Bertz CT molecular complexity index is 450. The van der Waals surface area contributed by atoms with Gasteiger partial charge in [-0.3, -0.25) is 4.68 Å². The Morgan fingerprint density at radius 3 is 2.84 bits per heavy atom. The number of nitrogens with zero attached hydrogens (tertiary/aromatic N) is 2. The molecule has 0 unspecified atom stereocenters. The van der Waals surface area contributed by atoms with Crippen LogP contribution in [0.15, 0.2) is 0 Å². The van der Waals surface area contributed by atoms with Crippen molar-refractivity contribution in [3.8, 4) is 0 Å². The maximum Gasteiger partial charge on any atom is 0.341 e. The Kier molecular flexibility index (Phi) is 4.42. The number of rotatable bonds is 6. The summed E-state index contributed by atoms with van der Waals surface area (Å²) in [4.78, 5) is 11.2. The molecule has 6 nitrogen and oxygen atoms in total. The van der Waals surface area contributed by atoms with Gasteiger partial charge in [-0.25, -0.2) is 4.79 Å². The van der Waals surface area contributed by atoms with E-state index in [0.717, 1.165) is 12.8 Å². The van der Waals surface area contributed by atoms with Crippen molar-refractivity contribution in [1.29, 1.82) is 0 Å². The summed E-state index contributed by atoms with van der Waals surface area (Å²) in [7, 11) is 1.74. The Morgan fingerprint density at radius 1 is 1.53 bits per heavy atom. The van der Waals surface area contributed by atoms with Crippen molar-refractivity contribution >= 4 is 11.8 Å². The minimum atomic E-state index is -0.954. The lowest BCUT2D eigenvalue weighted by atomic mass is 10.2. The summed E-state index contributed by atoms with van der Waals surface area (Å²) in [5, 5.41) is 16.4. The van der Waals surface area contributed by atoms with Gasteiger partial charge in [0.25, 0.3) is 0 Å². The number of carboxylic acids is 1. The molecule has 0 aliphatic heterocycles. The topological polar surface area (TPSA) is 76.4 Å². The van der Waals surface area contributed by atoms with E-state index >= 15 is 0 Å². The second-order valence-electron chi connectivity index (χ2n) is 4.94. The lowest BCUT2D eigenvalue weighted by Gasteiger charge is -2.12. The SMILES string of the molecule is Cc1nn(C)c(NCCOC2CCCC2)c1C(=O)O. The monoisotopic (exact) mass is 267 g/mol. The molecule has 0 radical (unpaired) electrons. The van der Waals surface area contributed by atoms with E-state index in [1.165, 1.54) is 12.8 Å². The molecule has 6 heteroatoms. The highest BCUT2D eigenvalue weighted by Crippen LogP contribution is 2.21. The van der Waals surface area contributed by atoms with E-state index in [-0.39, 0.29) is 5.56 Å². The fraction of sp³-hybridized carbons (Fsp3) is 0.692. The van der Waals surface area contributed by atoms with Gasteiger partial charge in [0.2, 0.25) is 0 Å². The van der Waals surface area contributed by atoms with E-state index in [1.807, 2.05) is 0 Å². The molecule has 1 aromatic heterocycles. The lowest BCUT2D eigenvalue weighted by molar-refractivity contribution is 0.0655. The Morgan fingerprint density at radius 2 is 2.21 bits per heavy atom. The molecule has 1 saturated carbocycles. The molecule has 0 atom stereocenters. The van der Waals surface area contributed by atoms with Gasteiger partial charge >= 0.3 is 5.97 Å². The normalized spacial score (nSPS) is 15.9. The molecule has 2 rings (SSSR count). The molecule has 1 aromatic rings. The molecule has 2 N–H and O–H groups in total. The van der Waals surface area contributed by atoms with Gasteiger partial charge in [-0.1, -0.05) is 12.8 Å². The number of ether oxygens (including phenoxy) is 1. The third-order valence-electron chi connectivity index (χ3n) is 3.49. The lowest BCUT2D eigenvalue weighted by Crippen LogP contribution is -2.17. The molecule has 1 aliphatic carbocycles. The number of aromatic nitrogens is 2. The predicted octanol–water partition coefficient (Wildman–Crippen LogP) is 1.80. The smallest absolute Gasteiger partial charge is 0.341 e. The van der Waals surface area contributed by atoms with Gasteiger partial charge < -0.3 is 15.2 Å². The third kappa shape index (κ3) is 3.26. The molecule has 19 heavy (non-hydrogen) atoms. The van der Waals surface area contributed by atoms with E-state index in [1.54, 1.807) is 18.7 Å². The van der Waals surface area contributed by atoms with Gasteiger partial charge in [0.1, 0.15) is 11.4 Å². The van der Waals surface area contributed by atoms with Gasteiger partial charge in [0.05, 0.1) is 18.4 Å². The highest BCUT2D eigenvalue weighted by Gasteiger charge is 2.19. The van der Waals surface area contributed by atoms with Crippen LogP contribution in [0.2, 0.25) is 0 Å². The Hall–Kier alpha value is -1.56. The standard InChI is InChI=1S/C13H21N3O3/c1-9-11(13(17)18)12(16(2)15-9)14-7-8-19-10-5-3-4-6-10/h10,14H,3-8H2,1-2H3,(H,17,18). The van der Waals surface area contributed by atoms with Crippen molar-refractivity contribution in [3.05, 3.63) is 11.3 Å². The average molecular weight is 267 g/mol. The highest BCUT2D eigenvalue weighted by atomic mass is 16.5. The summed E-state index contributed by atoms with van der Waals surface area (Å²) < 4.78 is 7.30. The fourth-order valence-corrected chi connectivity index (χ4v) is 2.57. The largest absolute Gasteiger partial charge is 0.477 e. The number of aromatic carboxylic acids is 1. The zero-order valence-corrected chi connectivity index (χ0v) is 11.5. The summed E-state index contributed by atoms with van der Waals surface area (Å²) in [5.74, 6) is -0.412. The number of carboxylic acid groups (broad SMARTS) is 1. The van der Waals surface area contributed by atoms with Crippen LogP contribution in [0.3, 0.4) is 0 Å². The molecule has 1 heterocycles. The molecule has 1 aliphatic rings. The highest BCUT2D eigenvalue weighted by molar-refractivity contribution is 5.94. The predicted molar refractivity (Wildman–Crippen MR) is 71.6 cm³/mol. The number of aryl methyl sites for hydroxylation is 2. The van der Waals surface area contributed by atoms with E-state index in [2.05, 4.69) is 10.4 Å².